The Morgan fingerprint density at radius 1 is 1.33 bits per heavy atom. The molecular weight excluding hydrogens is 234 g/mol. The number of benzene rings is 1. The van der Waals surface area contributed by atoms with Gasteiger partial charge < -0.3 is 25.4 Å². The lowest BCUT2D eigenvalue weighted by atomic mass is 10.0. The van der Waals surface area contributed by atoms with Gasteiger partial charge in [0.1, 0.15) is 0 Å². The van der Waals surface area contributed by atoms with Crippen LogP contribution in [0.3, 0.4) is 0 Å². The number of aliphatic hydroxyl groups is 2. The summed E-state index contributed by atoms with van der Waals surface area (Å²) in [6, 6.07) is 4.69. The molecule has 0 aliphatic heterocycles. The monoisotopic (exact) mass is 255 g/mol. The van der Waals surface area contributed by atoms with E-state index in [1.807, 2.05) is 6.92 Å². The third-order valence-electron chi connectivity index (χ3n) is 2.70. The highest BCUT2D eigenvalue weighted by molar-refractivity contribution is 5.43. The van der Waals surface area contributed by atoms with E-state index >= 15 is 0 Å². The van der Waals surface area contributed by atoms with Gasteiger partial charge in [-0.25, -0.2) is 0 Å². The molecule has 1 aromatic carbocycles. The first kappa shape index (κ1) is 14.8. The SMILES string of the molecule is CCOc1ccc(C(O)C(N)CCO)cc1OC. The number of nitrogens with two attached hydrogens (primary N) is 1. The Kier molecular flexibility index (Phi) is 5.91. The summed E-state index contributed by atoms with van der Waals surface area (Å²) < 4.78 is 10.6. The molecule has 0 fully saturated rings. The van der Waals surface area contributed by atoms with Gasteiger partial charge in [0, 0.05) is 12.6 Å². The minimum Gasteiger partial charge on any atom is -0.493 e. The lowest BCUT2D eigenvalue weighted by molar-refractivity contribution is 0.128. The van der Waals surface area contributed by atoms with Crippen molar-refractivity contribution in [2.45, 2.75) is 25.5 Å². The Balaban J connectivity index is 2.90. The first-order valence-corrected chi connectivity index (χ1v) is 5.99. The molecule has 0 radical (unpaired) electrons. The molecule has 102 valence electrons. The van der Waals surface area contributed by atoms with E-state index in [4.69, 9.17) is 20.3 Å². The standard InChI is InChI=1S/C13H21NO4/c1-3-18-11-5-4-9(8-12(11)17-2)13(16)10(14)6-7-15/h4-5,8,10,13,15-16H,3,6-7,14H2,1-2H3. The third-order valence-corrected chi connectivity index (χ3v) is 2.70. The molecule has 0 heterocycles. The zero-order valence-corrected chi connectivity index (χ0v) is 10.8. The first-order chi connectivity index (χ1) is 8.63. The van der Waals surface area contributed by atoms with Gasteiger partial charge in [-0.05, 0) is 31.0 Å². The number of aliphatic hydroxyl groups excluding tert-OH is 2. The molecular formula is C13H21NO4. The number of methoxy groups -OCH3 is 1. The largest absolute Gasteiger partial charge is 0.493 e. The summed E-state index contributed by atoms with van der Waals surface area (Å²) in [7, 11) is 1.54. The van der Waals surface area contributed by atoms with E-state index in [1.54, 1.807) is 25.3 Å². The van der Waals surface area contributed by atoms with E-state index in [0.29, 0.717) is 30.1 Å². The van der Waals surface area contributed by atoms with Gasteiger partial charge in [0.15, 0.2) is 11.5 Å². The predicted octanol–water partition coefficient (Wildman–Crippen LogP) is 0.837. The quantitative estimate of drug-likeness (QED) is 0.672. The van der Waals surface area contributed by atoms with Crippen LogP contribution in [-0.2, 0) is 0 Å². The highest BCUT2D eigenvalue weighted by atomic mass is 16.5. The third kappa shape index (κ3) is 3.60. The Morgan fingerprint density at radius 3 is 2.61 bits per heavy atom. The van der Waals surface area contributed by atoms with Crippen molar-refractivity contribution in [3.63, 3.8) is 0 Å². The molecule has 0 spiro atoms. The van der Waals surface area contributed by atoms with Gasteiger partial charge in [0.05, 0.1) is 19.8 Å². The summed E-state index contributed by atoms with van der Waals surface area (Å²) in [5, 5.41) is 18.8. The van der Waals surface area contributed by atoms with Crippen LogP contribution in [0.25, 0.3) is 0 Å². The Labute approximate surface area is 107 Å². The van der Waals surface area contributed by atoms with Crippen LogP contribution in [-0.4, -0.2) is 36.6 Å². The minimum absolute atomic E-state index is 0.0492. The molecule has 0 bridgehead atoms. The molecule has 2 unspecified atom stereocenters. The topological polar surface area (TPSA) is 84.9 Å². The van der Waals surface area contributed by atoms with Crippen LogP contribution in [0.4, 0.5) is 0 Å². The lowest BCUT2D eigenvalue weighted by Crippen LogP contribution is -2.29. The molecule has 0 amide bonds. The van der Waals surface area contributed by atoms with Crippen molar-refractivity contribution in [3.8, 4) is 11.5 Å². The molecule has 0 aromatic heterocycles. The van der Waals surface area contributed by atoms with Crippen LogP contribution in [0.1, 0.15) is 25.0 Å². The molecule has 5 heteroatoms. The van der Waals surface area contributed by atoms with Crippen LogP contribution >= 0.6 is 0 Å². The van der Waals surface area contributed by atoms with Gasteiger partial charge in [-0.15, -0.1) is 0 Å². The van der Waals surface area contributed by atoms with Gasteiger partial charge >= 0.3 is 0 Å². The summed E-state index contributed by atoms with van der Waals surface area (Å²) in [5.41, 5.74) is 6.42. The van der Waals surface area contributed by atoms with E-state index in [2.05, 4.69) is 0 Å². The number of hydrogen-bond acceptors (Lipinski definition) is 5. The predicted molar refractivity (Wildman–Crippen MR) is 68.8 cm³/mol. The number of rotatable bonds is 7. The summed E-state index contributed by atoms with van der Waals surface area (Å²) >= 11 is 0. The van der Waals surface area contributed by atoms with Gasteiger partial charge in [0.2, 0.25) is 0 Å². The Bertz CT molecular complexity index is 370. The van der Waals surface area contributed by atoms with E-state index in [0.717, 1.165) is 0 Å². The maximum Gasteiger partial charge on any atom is 0.161 e. The van der Waals surface area contributed by atoms with Crippen LogP contribution in [0, 0.1) is 0 Å². The van der Waals surface area contributed by atoms with Crippen LogP contribution in [0.15, 0.2) is 18.2 Å². The van der Waals surface area contributed by atoms with Crippen LogP contribution in [0.5, 0.6) is 11.5 Å². The minimum atomic E-state index is -0.832. The Hall–Kier alpha value is -1.30. The molecule has 1 aromatic rings. The number of ether oxygens (including phenoxy) is 2. The molecule has 5 nitrogen and oxygen atoms in total. The van der Waals surface area contributed by atoms with Crippen molar-refractivity contribution in [1.82, 2.24) is 0 Å². The fraction of sp³-hybridized carbons (Fsp3) is 0.538. The highest BCUT2D eigenvalue weighted by Gasteiger charge is 2.18. The normalized spacial score (nSPS) is 14.1. The average Bonchev–Trinajstić information content (AvgIpc) is 2.39. The maximum atomic E-state index is 10.0. The maximum absolute atomic E-state index is 10.0. The van der Waals surface area contributed by atoms with E-state index < -0.39 is 12.1 Å². The van der Waals surface area contributed by atoms with Gasteiger partial charge in [-0.2, -0.15) is 0 Å². The van der Waals surface area contributed by atoms with Gasteiger partial charge in [-0.1, -0.05) is 6.07 Å². The van der Waals surface area contributed by atoms with Crippen LogP contribution in [0.2, 0.25) is 0 Å². The molecule has 1 rings (SSSR count). The van der Waals surface area contributed by atoms with Crippen molar-refractivity contribution in [1.29, 1.82) is 0 Å². The van der Waals surface area contributed by atoms with Crippen molar-refractivity contribution in [3.05, 3.63) is 23.8 Å². The first-order valence-electron chi connectivity index (χ1n) is 5.99. The fourth-order valence-corrected chi connectivity index (χ4v) is 1.70. The molecule has 0 saturated carbocycles. The average molecular weight is 255 g/mol. The second-order valence-electron chi connectivity index (χ2n) is 3.96. The van der Waals surface area contributed by atoms with Crippen molar-refractivity contribution in [2.24, 2.45) is 5.73 Å². The summed E-state index contributed by atoms with van der Waals surface area (Å²) in [6.07, 6.45) is -0.488. The highest BCUT2D eigenvalue weighted by Crippen LogP contribution is 2.31. The van der Waals surface area contributed by atoms with Gasteiger partial charge in [0.25, 0.3) is 0 Å². The van der Waals surface area contributed by atoms with Crippen LogP contribution < -0.4 is 15.2 Å². The molecule has 2 atom stereocenters. The van der Waals surface area contributed by atoms with E-state index in [-0.39, 0.29) is 6.61 Å². The lowest BCUT2D eigenvalue weighted by Gasteiger charge is -2.19. The smallest absolute Gasteiger partial charge is 0.161 e. The molecule has 0 aliphatic carbocycles. The van der Waals surface area contributed by atoms with Crippen molar-refractivity contribution in [2.75, 3.05) is 20.3 Å². The molecule has 0 aliphatic rings. The van der Waals surface area contributed by atoms with E-state index in [1.165, 1.54) is 0 Å². The summed E-state index contributed by atoms with van der Waals surface area (Å²) in [5.74, 6) is 1.19. The number of hydrogen-bond donors (Lipinski definition) is 3. The van der Waals surface area contributed by atoms with Crippen molar-refractivity contribution >= 4 is 0 Å². The zero-order chi connectivity index (χ0) is 13.5. The molecule has 0 saturated heterocycles. The van der Waals surface area contributed by atoms with Gasteiger partial charge in [-0.3, -0.25) is 0 Å². The van der Waals surface area contributed by atoms with E-state index in [9.17, 15) is 5.11 Å². The summed E-state index contributed by atoms with van der Waals surface area (Å²) in [4.78, 5) is 0. The summed E-state index contributed by atoms with van der Waals surface area (Å²) in [6.45, 7) is 2.38. The molecule has 18 heavy (non-hydrogen) atoms. The second-order valence-corrected chi connectivity index (χ2v) is 3.96. The van der Waals surface area contributed by atoms with Crippen molar-refractivity contribution < 1.29 is 19.7 Å². The Morgan fingerprint density at radius 2 is 2.06 bits per heavy atom. The fourth-order valence-electron chi connectivity index (χ4n) is 1.70. The molecule has 4 N–H and O–H groups in total. The zero-order valence-electron chi connectivity index (χ0n) is 10.8. The second kappa shape index (κ2) is 7.20.